The number of carbonyl (C=O) groups is 2. The summed E-state index contributed by atoms with van der Waals surface area (Å²) < 4.78 is 5.30. The molecule has 1 aliphatic heterocycles. The van der Waals surface area contributed by atoms with E-state index in [1.165, 1.54) is 5.56 Å². The van der Waals surface area contributed by atoms with Gasteiger partial charge in [-0.15, -0.1) is 0 Å². The van der Waals surface area contributed by atoms with Gasteiger partial charge in [0.05, 0.1) is 12.0 Å². The summed E-state index contributed by atoms with van der Waals surface area (Å²) in [6.07, 6.45) is 0.569. The Morgan fingerprint density at radius 1 is 1.12 bits per heavy atom. The fourth-order valence-corrected chi connectivity index (χ4v) is 2.99. The van der Waals surface area contributed by atoms with E-state index in [1.54, 1.807) is 12.1 Å². The molecule has 1 N–H and O–H groups in total. The Morgan fingerprint density at radius 3 is 2.62 bits per heavy atom. The molecule has 1 heterocycles. The number of ether oxygens (including phenoxy) is 1. The molecule has 124 valence electrons. The molecule has 0 aromatic heterocycles. The third-order valence-corrected chi connectivity index (χ3v) is 4.42. The zero-order chi connectivity index (χ0) is 16.9. The summed E-state index contributed by atoms with van der Waals surface area (Å²) in [7, 11) is 0. The van der Waals surface area contributed by atoms with Gasteiger partial charge >= 0.3 is 5.97 Å². The van der Waals surface area contributed by atoms with E-state index in [2.05, 4.69) is 24.4 Å². The Hall–Kier alpha value is -2.62. The molecule has 1 amide bonds. The fourth-order valence-electron chi connectivity index (χ4n) is 2.99. The highest BCUT2D eigenvalue weighted by Gasteiger charge is 2.31. The molecular formula is C20H21NO3. The minimum absolute atomic E-state index is 0.0928. The number of hydrogen-bond acceptors (Lipinski definition) is 3. The van der Waals surface area contributed by atoms with Gasteiger partial charge in [-0.3, -0.25) is 4.79 Å². The lowest BCUT2D eigenvalue weighted by atomic mass is 9.98. The van der Waals surface area contributed by atoms with Crippen molar-refractivity contribution in [3.8, 4) is 0 Å². The average molecular weight is 323 g/mol. The number of benzene rings is 2. The SMILES string of the molecule is C[C@H](CCNC(=O)C[C@H]1OC(=O)c2ccccc21)c1ccccc1. The van der Waals surface area contributed by atoms with Crippen LogP contribution in [0.3, 0.4) is 0 Å². The van der Waals surface area contributed by atoms with Gasteiger partial charge in [-0.05, 0) is 24.0 Å². The standard InChI is InChI=1S/C20H21NO3/c1-14(15-7-3-2-4-8-15)11-12-21-19(22)13-18-16-9-5-6-10-17(16)20(23)24-18/h2-10,14,18H,11-13H2,1H3,(H,21,22)/t14-,18-/m1/s1. The van der Waals surface area contributed by atoms with Gasteiger partial charge in [-0.1, -0.05) is 55.5 Å². The summed E-state index contributed by atoms with van der Waals surface area (Å²) in [5, 5.41) is 2.93. The third-order valence-electron chi connectivity index (χ3n) is 4.42. The van der Waals surface area contributed by atoms with E-state index in [1.807, 2.05) is 30.3 Å². The summed E-state index contributed by atoms with van der Waals surface area (Å²) in [6.45, 7) is 2.76. The number of carbonyl (C=O) groups excluding carboxylic acids is 2. The van der Waals surface area contributed by atoms with Crippen LogP contribution in [0.4, 0.5) is 0 Å². The number of hydrogen-bond donors (Lipinski definition) is 1. The normalized spacial score (nSPS) is 17.0. The molecule has 2 aromatic rings. The first-order valence-corrected chi connectivity index (χ1v) is 8.26. The number of rotatable bonds is 6. The predicted octanol–water partition coefficient (Wildman–Crippen LogP) is 3.60. The summed E-state index contributed by atoms with van der Waals surface area (Å²) in [5.74, 6) is -0.0533. The van der Waals surface area contributed by atoms with E-state index >= 15 is 0 Å². The minimum Gasteiger partial charge on any atom is -0.453 e. The Labute approximate surface area is 141 Å². The maximum absolute atomic E-state index is 12.1. The van der Waals surface area contributed by atoms with E-state index in [0.717, 1.165) is 12.0 Å². The van der Waals surface area contributed by atoms with Crippen LogP contribution in [0, 0.1) is 0 Å². The Kier molecular flexibility index (Phi) is 4.94. The van der Waals surface area contributed by atoms with Crippen molar-refractivity contribution < 1.29 is 14.3 Å². The molecule has 4 heteroatoms. The summed E-state index contributed by atoms with van der Waals surface area (Å²) in [6, 6.07) is 17.5. The van der Waals surface area contributed by atoms with Crippen LogP contribution in [-0.4, -0.2) is 18.4 Å². The molecule has 0 unspecified atom stereocenters. The fraction of sp³-hybridized carbons (Fsp3) is 0.300. The van der Waals surface area contributed by atoms with Gasteiger partial charge in [0.2, 0.25) is 5.91 Å². The van der Waals surface area contributed by atoms with Gasteiger partial charge in [-0.25, -0.2) is 4.79 Å². The summed E-state index contributed by atoms with van der Waals surface area (Å²) >= 11 is 0. The summed E-state index contributed by atoms with van der Waals surface area (Å²) in [5.41, 5.74) is 2.63. The van der Waals surface area contributed by atoms with Crippen LogP contribution in [0.2, 0.25) is 0 Å². The maximum atomic E-state index is 12.1. The number of fused-ring (bicyclic) bond motifs is 1. The second-order valence-electron chi connectivity index (χ2n) is 6.14. The van der Waals surface area contributed by atoms with Crippen LogP contribution in [-0.2, 0) is 9.53 Å². The van der Waals surface area contributed by atoms with Crippen molar-refractivity contribution in [3.05, 3.63) is 71.3 Å². The number of nitrogens with one attached hydrogen (secondary N) is 1. The second kappa shape index (κ2) is 7.30. The maximum Gasteiger partial charge on any atom is 0.339 e. The quantitative estimate of drug-likeness (QED) is 0.826. The smallest absolute Gasteiger partial charge is 0.339 e. The second-order valence-corrected chi connectivity index (χ2v) is 6.14. The molecular weight excluding hydrogens is 302 g/mol. The molecule has 0 fully saturated rings. The molecule has 1 aliphatic rings. The van der Waals surface area contributed by atoms with Crippen molar-refractivity contribution in [1.29, 1.82) is 0 Å². The molecule has 4 nitrogen and oxygen atoms in total. The molecule has 2 atom stereocenters. The van der Waals surface area contributed by atoms with Gasteiger partial charge in [0.25, 0.3) is 0 Å². The zero-order valence-corrected chi connectivity index (χ0v) is 13.7. The van der Waals surface area contributed by atoms with Gasteiger partial charge in [0, 0.05) is 12.1 Å². The molecule has 24 heavy (non-hydrogen) atoms. The largest absolute Gasteiger partial charge is 0.453 e. The van der Waals surface area contributed by atoms with E-state index in [0.29, 0.717) is 18.0 Å². The van der Waals surface area contributed by atoms with E-state index in [9.17, 15) is 9.59 Å². The minimum atomic E-state index is -0.472. The average Bonchev–Trinajstić information content (AvgIpc) is 2.92. The van der Waals surface area contributed by atoms with Gasteiger partial charge < -0.3 is 10.1 Å². The van der Waals surface area contributed by atoms with Crippen LogP contribution in [0.15, 0.2) is 54.6 Å². The monoisotopic (exact) mass is 323 g/mol. The Bertz CT molecular complexity index is 727. The van der Waals surface area contributed by atoms with Crippen LogP contribution >= 0.6 is 0 Å². The van der Waals surface area contributed by atoms with Gasteiger partial charge in [-0.2, -0.15) is 0 Å². The Morgan fingerprint density at radius 2 is 1.83 bits per heavy atom. The third kappa shape index (κ3) is 3.65. The lowest BCUT2D eigenvalue weighted by Gasteiger charge is -2.14. The van der Waals surface area contributed by atoms with E-state index < -0.39 is 6.10 Å². The van der Waals surface area contributed by atoms with Crippen LogP contribution in [0.5, 0.6) is 0 Å². The van der Waals surface area contributed by atoms with Crippen LogP contribution in [0.25, 0.3) is 0 Å². The van der Waals surface area contributed by atoms with Gasteiger partial charge in [0.1, 0.15) is 6.10 Å². The number of cyclic esters (lactones) is 1. The van der Waals surface area contributed by atoms with Gasteiger partial charge in [0.15, 0.2) is 0 Å². The molecule has 0 bridgehead atoms. The highest BCUT2D eigenvalue weighted by atomic mass is 16.5. The lowest BCUT2D eigenvalue weighted by molar-refractivity contribution is -0.123. The van der Waals surface area contributed by atoms with Crippen molar-refractivity contribution >= 4 is 11.9 Å². The van der Waals surface area contributed by atoms with Crippen LogP contribution < -0.4 is 5.32 Å². The molecule has 0 saturated carbocycles. The predicted molar refractivity (Wildman–Crippen MR) is 91.7 cm³/mol. The molecule has 2 aromatic carbocycles. The van der Waals surface area contributed by atoms with Crippen molar-refractivity contribution in [2.24, 2.45) is 0 Å². The highest BCUT2D eigenvalue weighted by Crippen LogP contribution is 2.32. The molecule has 0 radical (unpaired) electrons. The Balaban J connectivity index is 1.48. The first-order valence-electron chi connectivity index (χ1n) is 8.26. The molecule has 0 spiro atoms. The van der Waals surface area contributed by atoms with Crippen molar-refractivity contribution in [2.75, 3.05) is 6.54 Å². The molecule has 0 saturated heterocycles. The zero-order valence-electron chi connectivity index (χ0n) is 13.7. The number of amides is 1. The lowest BCUT2D eigenvalue weighted by Crippen LogP contribution is -2.26. The van der Waals surface area contributed by atoms with Crippen molar-refractivity contribution in [1.82, 2.24) is 5.32 Å². The first kappa shape index (κ1) is 16.2. The van der Waals surface area contributed by atoms with E-state index in [-0.39, 0.29) is 18.3 Å². The first-order chi connectivity index (χ1) is 11.6. The molecule has 0 aliphatic carbocycles. The van der Waals surface area contributed by atoms with Crippen LogP contribution in [0.1, 0.15) is 53.3 Å². The molecule has 3 rings (SSSR count). The number of esters is 1. The topological polar surface area (TPSA) is 55.4 Å². The highest BCUT2D eigenvalue weighted by molar-refractivity contribution is 5.94. The van der Waals surface area contributed by atoms with Crippen molar-refractivity contribution in [3.63, 3.8) is 0 Å². The van der Waals surface area contributed by atoms with Crippen molar-refractivity contribution in [2.45, 2.75) is 31.8 Å². The van der Waals surface area contributed by atoms with E-state index in [4.69, 9.17) is 4.74 Å². The summed E-state index contributed by atoms with van der Waals surface area (Å²) in [4.78, 5) is 23.9.